The van der Waals surface area contributed by atoms with Crippen LogP contribution in [0.1, 0.15) is 15.4 Å². The van der Waals surface area contributed by atoms with Crippen molar-refractivity contribution in [3.8, 4) is 10.6 Å². The van der Waals surface area contributed by atoms with Gasteiger partial charge in [-0.2, -0.15) is 5.10 Å². The number of carbonyl (C=O) groups excluding carboxylic acids is 1. The zero-order chi connectivity index (χ0) is 14.0. The third-order valence-electron chi connectivity index (χ3n) is 2.72. The summed E-state index contributed by atoms with van der Waals surface area (Å²) in [6.07, 6.45) is 3.59. The summed E-state index contributed by atoms with van der Waals surface area (Å²) in [5.41, 5.74) is 1.61. The van der Waals surface area contributed by atoms with E-state index in [9.17, 15) is 4.79 Å². The molecule has 0 atom stereocenters. The number of aliphatic hydroxyl groups is 1. The van der Waals surface area contributed by atoms with Crippen molar-refractivity contribution in [3.63, 3.8) is 0 Å². The fourth-order valence-corrected chi connectivity index (χ4v) is 2.71. The van der Waals surface area contributed by atoms with E-state index in [4.69, 9.17) is 5.11 Å². The van der Waals surface area contributed by atoms with Crippen LogP contribution in [0, 0.1) is 6.92 Å². The molecule has 0 unspecified atom stereocenters. The van der Waals surface area contributed by atoms with Crippen molar-refractivity contribution in [1.82, 2.24) is 19.7 Å². The number of aromatic nitrogens is 3. The lowest BCUT2D eigenvalue weighted by molar-refractivity contribution is 0.0771. The molecule has 2 aromatic heterocycles. The predicted octanol–water partition coefficient (Wildman–Crippen LogP) is 0.916. The van der Waals surface area contributed by atoms with Gasteiger partial charge in [-0.15, -0.1) is 11.3 Å². The SMILES string of the molecule is Cc1nc(-c2cnn(C)c2)sc1C(=O)N(C)CCO. The summed E-state index contributed by atoms with van der Waals surface area (Å²) in [5.74, 6) is -0.112. The van der Waals surface area contributed by atoms with Crippen LogP contribution in [-0.2, 0) is 7.05 Å². The van der Waals surface area contributed by atoms with Crippen LogP contribution in [0.3, 0.4) is 0 Å². The number of nitrogens with zero attached hydrogens (tertiary/aromatic N) is 4. The molecule has 2 rings (SSSR count). The number of carbonyl (C=O) groups is 1. The van der Waals surface area contributed by atoms with E-state index in [0.717, 1.165) is 10.6 Å². The quantitative estimate of drug-likeness (QED) is 0.904. The van der Waals surface area contributed by atoms with E-state index in [-0.39, 0.29) is 12.5 Å². The maximum absolute atomic E-state index is 12.2. The number of aryl methyl sites for hydroxylation is 2. The molecule has 0 aliphatic carbocycles. The largest absolute Gasteiger partial charge is 0.395 e. The molecular formula is C12H16N4O2S. The van der Waals surface area contributed by atoms with Gasteiger partial charge < -0.3 is 10.0 Å². The smallest absolute Gasteiger partial charge is 0.265 e. The van der Waals surface area contributed by atoms with Crippen LogP contribution in [0.5, 0.6) is 0 Å². The molecule has 0 bridgehead atoms. The summed E-state index contributed by atoms with van der Waals surface area (Å²) in [7, 11) is 3.51. The average molecular weight is 280 g/mol. The van der Waals surface area contributed by atoms with E-state index in [0.29, 0.717) is 17.1 Å². The molecule has 1 N–H and O–H groups in total. The van der Waals surface area contributed by atoms with Crippen molar-refractivity contribution in [1.29, 1.82) is 0 Å². The number of hydrogen-bond donors (Lipinski definition) is 1. The van der Waals surface area contributed by atoms with Crippen LogP contribution >= 0.6 is 11.3 Å². The lowest BCUT2D eigenvalue weighted by Crippen LogP contribution is -2.29. The highest BCUT2D eigenvalue weighted by Crippen LogP contribution is 2.28. The molecular weight excluding hydrogens is 264 g/mol. The molecule has 19 heavy (non-hydrogen) atoms. The third-order valence-corrected chi connectivity index (χ3v) is 3.92. The zero-order valence-corrected chi connectivity index (χ0v) is 11.9. The third kappa shape index (κ3) is 2.82. The summed E-state index contributed by atoms with van der Waals surface area (Å²) in [5, 5.41) is 13.8. The standard InChI is InChI=1S/C12H16N4O2S/c1-8-10(12(18)15(2)4-5-17)19-11(14-8)9-6-13-16(3)7-9/h6-7,17H,4-5H2,1-3H3. The van der Waals surface area contributed by atoms with Crippen LogP contribution in [0.4, 0.5) is 0 Å². The Morgan fingerprint density at radius 2 is 2.32 bits per heavy atom. The first-order chi connectivity index (χ1) is 9.02. The Labute approximate surface area is 115 Å². The van der Waals surface area contributed by atoms with Crippen LogP contribution in [0.25, 0.3) is 10.6 Å². The van der Waals surface area contributed by atoms with Gasteiger partial charge in [-0.05, 0) is 6.92 Å². The molecule has 0 aliphatic heterocycles. The summed E-state index contributed by atoms with van der Waals surface area (Å²) < 4.78 is 1.70. The molecule has 0 saturated carbocycles. The molecule has 2 aromatic rings. The van der Waals surface area contributed by atoms with E-state index >= 15 is 0 Å². The van der Waals surface area contributed by atoms with E-state index in [1.165, 1.54) is 16.2 Å². The van der Waals surface area contributed by atoms with Gasteiger partial charge in [-0.3, -0.25) is 9.48 Å². The second-order valence-electron chi connectivity index (χ2n) is 4.29. The van der Waals surface area contributed by atoms with Gasteiger partial charge in [0.25, 0.3) is 5.91 Å². The van der Waals surface area contributed by atoms with Crippen molar-refractivity contribution in [2.24, 2.45) is 7.05 Å². The van der Waals surface area contributed by atoms with Gasteiger partial charge in [0.2, 0.25) is 0 Å². The summed E-state index contributed by atoms with van der Waals surface area (Å²) >= 11 is 1.35. The lowest BCUT2D eigenvalue weighted by atomic mass is 10.3. The number of rotatable bonds is 4. The Balaban J connectivity index is 2.29. The number of thiazole rings is 1. The van der Waals surface area contributed by atoms with Gasteiger partial charge in [0.15, 0.2) is 0 Å². The number of amides is 1. The van der Waals surface area contributed by atoms with Crippen molar-refractivity contribution in [3.05, 3.63) is 23.0 Å². The monoisotopic (exact) mass is 280 g/mol. The number of hydrogen-bond acceptors (Lipinski definition) is 5. The fourth-order valence-electron chi connectivity index (χ4n) is 1.67. The first kappa shape index (κ1) is 13.7. The molecule has 0 aliphatic rings. The molecule has 6 nitrogen and oxygen atoms in total. The maximum atomic E-state index is 12.2. The second-order valence-corrected chi connectivity index (χ2v) is 5.29. The molecule has 0 radical (unpaired) electrons. The minimum Gasteiger partial charge on any atom is -0.395 e. The van der Waals surface area contributed by atoms with Crippen molar-refractivity contribution in [2.45, 2.75) is 6.92 Å². The van der Waals surface area contributed by atoms with Crippen molar-refractivity contribution in [2.75, 3.05) is 20.2 Å². The van der Waals surface area contributed by atoms with Crippen LogP contribution < -0.4 is 0 Å². The summed E-state index contributed by atoms with van der Waals surface area (Å²) in [4.78, 5) is 18.7. The van der Waals surface area contributed by atoms with E-state index in [1.54, 1.807) is 17.9 Å². The van der Waals surface area contributed by atoms with Gasteiger partial charge in [-0.1, -0.05) is 0 Å². The minimum absolute atomic E-state index is 0.0461. The van der Waals surface area contributed by atoms with Gasteiger partial charge >= 0.3 is 0 Å². The number of aliphatic hydroxyl groups excluding tert-OH is 1. The molecule has 0 saturated heterocycles. The van der Waals surface area contributed by atoms with Crippen LogP contribution in [-0.4, -0.2) is 50.9 Å². The highest BCUT2D eigenvalue weighted by Gasteiger charge is 2.19. The Kier molecular flexibility index (Phi) is 3.96. The summed E-state index contributed by atoms with van der Waals surface area (Å²) in [6.45, 7) is 2.09. The Morgan fingerprint density at radius 1 is 1.58 bits per heavy atom. The second kappa shape index (κ2) is 5.50. The molecule has 7 heteroatoms. The lowest BCUT2D eigenvalue weighted by Gasteiger charge is -2.14. The van der Waals surface area contributed by atoms with Gasteiger partial charge in [0.1, 0.15) is 9.88 Å². The van der Waals surface area contributed by atoms with Gasteiger partial charge in [0.05, 0.1) is 18.5 Å². The number of likely N-dealkylation sites (N-methyl/N-ethyl adjacent to an activating group) is 1. The summed E-state index contributed by atoms with van der Waals surface area (Å²) in [6, 6.07) is 0. The Bertz CT molecular complexity index is 590. The van der Waals surface area contributed by atoms with E-state index < -0.39 is 0 Å². The molecule has 102 valence electrons. The van der Waals surface area contributed by atoms with Crippen molar-refractivity contribution < 1.29 is 9.90 Å². The molecule has 0 fully saturated rings. The van der Waals surface area contributed by atoms with Gasteiger partial charge in [-0.25, -0.2) is 4.98 Å². The minimum atomic E-state index is -0.112. The van der Waals surface area contributed by atoms with Crippen LogP contribution in [0.2, 0.25) is 0 Å². The normalized spacial score (nSPS) is 10.7. The Morgan fingerprint density at radius 3 is 2.89 bits per heavy atom. The molecule has 1 amide bonds. The molecule has 2 heterocycles. The van der Waals surface area contributed by atoms with E-state index in [1.807, 2.05) is 20.2 Å². The zero-order valence-electron chi connectivity index (χ0n) is 11.1. The maximum Gasteiger partial charge on any atom is 0.265 e. The first-order valence-corrected chi connectivity index (χ1v) is 6.67. The fraction of sp³-hybridized carbons (Fsp3) is 0.417. The first-order valence-electron chi connectivity index (χ1n) is 5.85. The highest BCUT2D eigenvalue weighted by atomic mass is 32.1. The highest BCUT2D eigenvalue weighted by molar-refractivity contribution is 7.17. The van der Waals surface area contributed by atoms with Crippen molar-refractivity contribution >= 4 is 17.2 Å². The molecule has 0 aromatic carbocycles. The Hall–Kier alpha value is -1.73. The topological polar surface area (TPSA) is 71.2 Å². The predicted molar refractivity (Wildman–Crippen MR) is 73.1 cm³/mol. The van der Waals surface area contributed by atoms with Crippen LogP contribution in [0.15, 0.2) is 12.4 Å². The van der Waals surface area contributed by atoms with Gasteiger partial charge in [0, 0.05) is 32.4 Å². The molecule has 0 spiro atoms. The van der Waals surface area contributed by atoms with E-state index in [2.05, 4.69) is 10.1 Å². The average Bonchev–Trinajstić information content (AvgIpc) is 2.95.